The van der Waals surface area contributed by atoms with Crippen LogP contribution < -0.4 is 33.5 Å². The summed E-state index contributed by atoms with van der Waals surface area (Å²) < 4.78 is 19.4. The molecule has 0 aliphatic rings. The van der Waals surface area contributed by atoms with Gasteiger partial charge in [-0.3, -0.25) is 0 Å². The highest BCUT2D eigenvalue weighted by molar-refractivity contribution is 5.91. The number of imidazole rings is 1. The third-order valence-electron chi connectivity index (χ3n) is 7.47. The molecule has 4 aromatic rings. The van der Waals surface area contributed by atoms with Crippen LogP contribution in [-0.4, -0.2) is 66.4 Å². The molecule has 9 heteroatoms. The highest BCUT2D eigenvalue weighted by atomic mass is 127. The summed E-state index contributed by atoms with van der Waals surface area (Å²) in [4.78, 5) is 29.4. The van der Waals surface area contributed by atoms with Crippen molar-refractivity contribution >= 4 is 11.9 Å². The molecule has 1 unspecified atom stereocenters. The molecule has 240 valence electrons. The van der Waals surface area contributed by atoms with Gasteiger partial charge in [0, 0.05) is 24.5 Å². The summed E-state index contributed by atoms with van der Waals surface area (Å²) in [6, 6.07) is 24.2. The van der Waals surface area contributed by atoms with Crippen LogP contribution in [-0.2, 0) is 16.0 Å². The molecule has 0 saturated heterocycles. The molecule has 0 bridgehead atoms. The summed E-state index contributed by atoms with van der Waals surface area (Å²) in [6.07, 6.45) is 12.1. The Balaban J connectivity index is 0.00000552. The molecular weight excluding hydrogens is 681 g/mol. The Hall–Kier alpha value is -3.70. The molecule has 1 aromatic heterocycles. The second kappa shape index (κ2) is 18.3. The van der Waals surface area contributed by atoms with Crippen LogP contribution in [0.5, 0.6) is 11.5 Å². The lowest BCUT2D eigenvalue weighted by atomic mass is 10.0. The summed E-state index contributed by atoms with van der Waals surface area (Å²) in [6.45, 7) is 1.10. The van der Waals surface area contributed by atoms with Crippen molar-refractivity contribution < 1.29 is 52.3 Å². The van der Waals surface area contributed by atoms with Crippen molar-refractivity contribution in [2.45, 2.75) is 51.0 Å². The number of unbranched alkanes of at least 4 members (excludes halogenated alkanes) is 5. The number of hydrogen-bond donors (Lipinski definition) is 0. The van der Waals surface area contributed by atoms with Crippen molar-refractivity contribution in [3.63, 3.8) is 0 Å². The lowest BCUT2D eigenvalue weighted by molar-refractivity contribution is -0.887. The normalized spacial score (nSPS) is 11.7. The van der Waals surface area contributed by atoms with E-state index in [1.165, 1.54) is 0 Å². The Bertz CT molecular complexity index is 1420. The largest absolute Gasteiger partial charge is 1.00 e. The first-order valence-corrected chi connectivity index (χ1v) is 15.3. The first kappa shape index (κ1) is 35.8. The Morgan fingerprint density at radius 2 is 1.40 bits per heavy atom. The average Bonchev–Trinajstić information content (AvgIpc) is 3.57. The van der Waals surface area contributed by atoms with E-state index < -0.39 is 5.97 Å². The number of benzene rings is 3. The molecule has 0 aliphatic heterocycles. The summed E-state index contributed by atoms with van der Waals surface area (Å²) in [5.41, 5.74) is 2.54. The van der Waals surface area contributed by atoms with Crippen molar-refractivity contribution in [3.05, 3.63) is 109 Å². The number of quaternary nitrogens is 1. The maximum absolute atomic E-state index is 12.8. The van der Waals surface area contributed by atoms with Gasteiger partial charge in [0.25, 0.3) is 0 Å². The summed E-state index contributed by atoms with van der Waals surface area (Å²) in [5.74, 6) is 0.679. The fourth-order valence-electron chi connectivity index (χ4n) is 4.83. The van der Waals surface area contributed by atoms with E-state index in [0.29, 0.717) is 35.4 Å². The van der Waals surface area contributed by atoms with Gasteiger partial charge in [-0.25, -0.2) is 14.6 Å². The number of carbonyl (C=O) groups excluding carboxylic acids is 2. The Labute approximate surface area is 283 Å². The van der Waals surface area contributed by atoms with Gasteiger partial charge in [0.05, 0.1) is 46.2 Å². The molecule has 0 aliphatic carbocycles. The van der Waals surface area contributed by atoms with Gasteiger partial charge < -0.3 is 47.2 Å². The molecule has 0 N–H and O–H groups in total. The number of likely N-dealkylation sites (N-methyl/N-ethyl adjacent to an activating group) is 1. The minimum Gasteiger partial charge on any atom is -1.00 e. The summed E-state index contributed by atoms with van der Waals surface area (Å²) in [7, 11) is 6.11. The van der Waals surface area contributed by atoms with Gasteiger partial charge in [-0.2, -0.15) is 0 Å². The van der Waals surface area contributed by atoms with Crippen molar-refractivity contribution in [2.24, 2.45) is 0 Å². The SMILES string of the molecule is C[N+](C)(C)C(Cc1ccccc1)C(=O)OCCCCCCCCOc1ccc(OC(=O)c2ccc(-n3ccnc3)cc2)cc1.[I-]. The van der Waals surface area contributed by atoms with Crippen molar-refractivity contribution in [1.29, 1.82) is 0 Å². The number of esters is 2. The molecule has 1 atom stereocenters. The van der Waals surface area contributed by atoms with E-state index in [4.69, 9.17) is 14.2 Å². The van der Waals surface area contributed by atoms with Gasteiger partial charge in [-0.05, 0) is 66.9 Å². The number of hydrogen-bond acceptors (Lipinski definition) is 6. The number of ether oxygens (including phenoxy) is 3. The molecule has 45 heavy (non-hydrogen) atoms. The van der Waals surface area contributed by atoms with Crippen LogP contribution in [0.4, 0.5) is 0 Å². The second-order valence-electron chi connectivity index (χ2n) is 11.8. The maximum atomic E-state index is 12.8. The molecule has 0 radical (unpaired) electrons. The molecule has 0 spiro atoms. The monoisotopic (exact) mass is 725 g/mol. The minimum absolute atomic E-state index is 0. The zero-order valence-electron chi connectivity index (χ0n) is 26.4. The van der Waals surface area contributed by atoms with Crippen molar-refractivity contribution in [3.8, 4) is 17.2 Å². The molecule has 1 heterocycles. The van der Waals surface area contributed by atoms with Crippen LogP contribution in [0.1, 0.15) is 54.4 Å². The average molecular weight is 726 g/mol. The van der Waals surface area contributed by atoms with Gasteiger partial charge in [0.1, 0.15) is 11.5 Å². The standard InChI is InChI=1S/C36H44N3O5.HI/c1-39(2,3)34(27-29-13-9-8-10-14-29)36(41)43-26-12-7-5-4-6-11-25-42-32-19-21-33(22-20-32)44-35(40)30-15-17-31(18-16-30)38-24-23-37-28-38;/h8-10,13-24,28,34H,4-7,11-12,25-27H2,1-3H3;1H/q+1;/p-1. The fraction of sp³-hybridized carbons (Fsp3) is 0.361. The zero-order chi connectivity index (χ0) is 31.2. The quantitative estimate of drug-likeness (QED) is 0.0544. The second-order valence-corrected chi connectivity index (χ2v) is 11.8. The van der Waals surface area contributed by atoms with Gasteiger partial charge in [-0.1, -0.05) is 56.0 Å². The smallest absolute Gasteiger partial charge is 0.365 e. The molecule has 0 amide bonds. The van der Waals surface area contributed by atoms with Crippen molar-refractivity contribution in [1.82, 2.24) is 9.55 Å². The van der Waals surface area contributed by atoms with Crippen LogP contribution in [0.15, 0.2) is 97.6 Å². The third kappa shape index (κ3) is 12.0. The number of nitrogens with zero attached hydrogens (tertiary/aromatic N) is 3. The first-order valence-electron chi connectivity index (χ1n) is 15.3. The van der Waals surface area contributed by atoms with Gasteiger partial charge in [-0.15, -0.1) is 0 Å². The van der Waals surface area contributed by atoms with Crippen LogP contribution in [0.3, 0.4) is 0 Å². The zero-order valence-corrected chi connectivity index (χ0v) is 28.6. The van der Waals surface area contributed by atoms with E-state index in [9.17, 15) is 9.59 Å². The number of aromatic nitrogens is 2. The van der Waals surface area contributed by atoms with E-state index in [0.717, 1.165) is 55.5 Å². The molecule has 0 fully saturated rings. The molecule has 4 rings (SSSR count). The predicted octanol–water partition coefficient (Wildman–Crippen LogP) is 3.68. The molecular formula is C36H44IN3O5. The van der Waals surface area contributed by atoms with E-state index >= 15 is 0 Å². The van der Waals surface area contributed by atoms with E-state index in [-0.39, 0.29) is 36.0 Å². The first-order chi connectivity index (χ1) is 21.3. The molecule has 0 saturated carbocycles. The topological polar surface area (TPSA) is 79.7 Å². The minimum atomic E-state index is -0.412. The molecule has 8 nitrogen and oxygen atoms in total. The Morgan fingerprint density at radius 3 is 2.02 bits per heavy atom. The van der Waals surface area contributed by atoms with Crippen LogP contribution in [0.2, 0.25) is 0 Å². The summed E-state index contributed by atoms with van der Waals surface area (Å²) >= 11 is 0. The van der Waals surface area contributed by atoms with E-state index in [2.05, 4.69) is 17.1 Å². The third-order valence-corrected chi connectivity index (χ3v) is 7.47. The lowest BCUT2D eigenvalue weighted by Crippen LogP contribution is -3.00. The summed E-state index contributed by atoms with van der Waals surface area (Å²) in [5, 5.41) is 0. The Kier molecular flexibility index (Phi) is 14.6. The van der Waals surface area contributed by atoms with E-state index in [1.807, 2.05) is 74.4 Å². The van der Waals surface area contributed by atoms with Gasteiger partial charge >= 0.3 is 11.9 Å². The van der Waals surface area contributed by atoms with Crippen molar-refractivity contribution in [2.75, 3.05) is 34.4 Å². The van der Waals surface area contributed by atoms with Crippen LogP contribution in [0, 0.1) is 0 Å². The molecule has 3 aromatic carbocycles. The van der Waals surface area contributed by atoms with Gasteiger partial charge in [0.15, 0.2) is 6.04 Å². The maximum Gasteiger partial charge on any atom is 0.365 e. The van der Waals surface area contributed by atoms with Crippen LogP contribution >= 0.6 is 0 Å². The predicted molar refractivity (Wildman–Crippen MR) is 171 cm³/mol. The lowest BCUT2D eigenvalue weighted by Gasteiger charge is -2.32. The van der Waals surface area contributed by atoms with E-state index in [1.54, 1.807) is 36.8 Å². The number of carbonyl (C=O) groups is 2. The highest BCUT2D eigenvalue weighted by Gasteiger charge is 2.33. The highest BCUT2D eigenvalue weighted by Crippen LogP contribution is 2.20. The van der Waals surface area contributed by atoms with Crippen LogP contribution in [0.25, 0.3) is 5.69 Å². The number of rotatable bonds is 17. The van der Waals surface area contributed by atoms with Gasteiger partial charge in [0.2, 0.25) is 0 Å². The Morgan fingerprint density at radius 1 is 0.778 bits per heavy atom. The fourth-order valence-corrected chi connectivity index (χ4v) is 4.83. The number of halogens is 1.